The second-order valence-electron chi connectivity index (χ2n) is 6.58. The van der Waals surface area contributed by atoms with E-state index >= 15 is 0 Å². The summed E-state index contributed by atoms with van der Waals surface area (Å²) in [6.45, 7) is 16.9. The predicted octanol–water partition coefficient (Wildman–Crippen LogP) is 6.59. The topological polar surface area (TPSA) is 12.4 Å². The molecular formula is C23H29N. The zero-order chi connectivity index (χ0) is 18.3. The first kappa shape index (κ1) is 19.7. The Morgan fingerprint density at radius 1 is 1.29 bits per heavy atom. The number of nitrogens with zero attached hydrogens (tertiary/aromatic N) is 1. The summed E-state index contributed by atoms with van der Waals surface area (Å²) in [6, 6.07) is 4.33. The molecule has 1 unspecified atom stereocenters. The van der Waals surface area contributed by atoms with Crippen molar-refractivity contribution in [2.24, 2.45) is 10.9 Å². The Labute approximate surface area is 147 Å². The van der Waals surface area contributed by atoms with Gasteiger partial charge in [0.1, 0.15) is 0 Å². The molecule has 0 saturated carbocycles. The number of allylic oxidation sites excluding steroid dienone is 5. The van der Waals surface area contributed by atoms with Crippen molar-refractivity contribution in [2.75, 3.05) is 0 Å². The molecule has 0 heterocycles. The van der Waals surface area contributed by atoms with Crippen molar-refractivity contribution in [3.63, 3.8) is 0 Å². The van der Waals surface area contributed by atoms with E-state index in [0.29, 0.717) is 5.92 Å². The third-order valence-electron chi connectivity index (χ3n) is 4.09. The molecule has 1 aromatic carbocycles. The number of rotatable bonds is 6. The SMILES string of the molecule is C#C/C=C(\C=C(C)C)C(C)CC(=C)c1cc(C)c(C)cc1N=CC. The van der Waals surface area contributed by atoms with Gasteiger partial charge in [-0.3, -0.25) is 4.99 Å². The van der Waals surface area contributed by atoms with E-state index in [9.17, 15) is 0 Å². The molecule has 1 aromatic rings. The van der Waals surface area contributed by atoms with Gasteiger partial charge < -0.3 is 0 Å². The highest BCUT2D eigenvalue weighted by Gasteiger charge is 2.13. The van der Waals surface area contributed by atoms with Gasteiger partial charge in [0.15, 0.2) is 0 Å². The third-order valence-corrected chi connectivity index (χ3v) is 4.09. The van der Waals surface area contributed by atoms with Crippen molar-refractivity contribution in [1.82, 2.24) is 0 Å². The lowest BCUT2D eigenvalue weighted by Gasteiger charge is -2.17. The average Bonchev–Trinajstić information content (AvgIpc) is 2.49. The molecule has 1 heteroatoms. The van der Waals surface area contributed by atoms with Crippen LogP contribution in [0.25, 0.3) is 5.57 Å². The summed E-state index contributed by atoms with van der Waals surface area (Å²) in [5.74, 6) is 2.96. The highest BCUT2D eigenvalue weighted by atomic mass is 14.7. The van der Waals surface area contributed by atoms with Gasteiger partial charge in [0.25, 0.3) is 0 Å². The normalized spacial score (nSPS) is 12.8. The summed E-state index contributed by atoms with van der Waals surface area (Å²) < 4.78 is 0. The van der Waals surface area contributed by atoms with Crippen LogP contribution >= 0.6 is 0 Å². The molecule has 0 aliphatic heterocycles. The monoisotopic (exact) mass is 319 g/mol. The number of terminal acetylenes is 1. The van der Waals surface area contributed by atoms with E-state index in [1.54, 1.807) is 0 Å². The van der Waals surface area contributed by atoms with Crippen LogP contribution in [-0.4, -0.2) is 6.21 Å². The number of aliphatic imine (C=N–C) groups is 1. The standard InChI is InChI=1S/C23H29N/c1-9-11-21(12-16(3)4)19(7)13-20(8)22-14-17(5)18(6)15-23(22)24-10-2/h1,10-12,14-15,19H,8,13H2,2-7H3/b21-11+,24-10?. The first-order valence-corrected chi connectivity index (χ1v) is 8.39. The minimum atomic E-state index is 0.309. The molecule has 24 heavy (non-hydrogen) atoms. The second-order valence-corrected chi connectivity index (χ2v) is 6.58. The van der Waals surface area contributed by atoms with Crippen LogP contribution in [0.3, 0.4) is 0 Å². The molecule has 0 N–H and O–H groups in total. The second kappa shape index (κ2) is 9.08. The lowest BCUT2D eigenvalue weighted by molar-refractivity contribution is 0.722. The molecule has 0 saturated heterocycles. The molecule has 0 amide bonds. The van der Waals surface area contributed by atoms with E-state index in [0.717, 1.165) is 23.2 Å². The lowest BCUT2D eigenvalue weighted by atomic mass is 9.88. The van der Waals surface area contributed by atoms with Crippen LogP contribution in [-0.2, 0) is 0 Å². The number of hydrogen-bond donors (Lipinski definition) is 0. The first-order valence-electron chi connectivity index (χ1n) is 8.39. The molecule has 0 spiro atoms. The third kappa shape index (κ3) is 5.39. The molecule has 0 bridgehead atoms. The van der Waals surface area contributed by atoms with Crippen LogP contribution in [0.1, 0.15) is 50.8 Å². The van der Waals surface area contributed by atoms with E-state index in [2.05, 4.69) is 70.3 Å². The van der Waals surface area contributed by atoms with Crippen molar-refractivity contribution in [2.45, 2.75) is 48.0 Å². The van der Waals surface area contributed by atoms with Crippen LogP contribution in [0.2, 0.25) is 0 Å². The average molecular weight is 319 g/mol. The molecule has 0 aromatic heterocycles. The van der Waals surface area contributed by atoms with E-state index in [1.165, 1.54) is 22.3 Å². The summed E-state index contributed by atoms with van der Waals surface area (Å²) >= 11 is 0. The minimum Gasteiger partial charge on any atom is -0.261 e. The van der Waals surface area contributed by atoms with Gasteiger partial charge in [-0.25, -0.2) is 0 Å². The maximum atomic E-state index is 5.49. The van der Waals surface area contributed by atoms with Gasteiger partial charge in [-0.1, -0.05) is 31.1 Å². The number of hydrogen-bond acceptors (Lipinski definition) is 1. The Balaban J connectivity index is 3.16. The van der Waals surface area contributed by atoms with E-state index in [4.69, 9.17) is 6.42 Å². The summed E-state index contributed by atoms with van der Waals surface area (Å²) in [5, 5.41) is 0. The van der Waals surface area contributed by atoms with Crippen LogP contribution in [0, 0.1) is 32.1 Å². The van der Waals surface area contributed by atoms with Crippen molar-refractivity contribution < 1.29 is 0 Å². The van der Waals surface area contributed by atoms with Crippen LogP contribution in [0.5, 0.6) is 0 Å². The molecule has 0 aliphatic rings. The van der Waals surface area contributed by atoms with Gasteiger partial charge in [-0.2, -0.15) is 0 Å². The molecule has 0 fully saturated rings. The Kier molecular flexibility index (Phi) is 7.46. The first-order chi connectivity index (χ1) is 11.3. The minimum absolute atomic E-state index is 0.309. The van der Waals surface area contributed by atoms with Gasteiger partial charge in [-0.05, 0) is 87.4 Å². The van der Waals surface area contributed by atoms with Crippen LogP contribution < -0.4 is 0 Å². The maximum absolute atomic E-state index is 5.49. The highest BCUT2D eigenvalue weighted by Crippen LogP contribution is 2.34. The van der Waals surface area contributed by atoms with Gasteiger partial charge >= 0.3 is 0 Å². The van der Waals surface area contributed by atoms with E-state index in [-0.39, 0.29) is 0 Å². The Hall–Kier alpha value is -2.33. The Morgan fingerprint density at radius 2 is 1.92 bits per heavy atom. The number of aryl methyl sites for hydroxylation is 2. The maximum Gasteiger partial charge on any atom is 0.0703 e. The summed E-state index contributed by atoms with van der Waals surface area (Å²) in [6.07, 6.45) is 12.2. The zero-order valence-corrected chi connectivity index (χ0v) is 15.9. The Morgan fingerprint density at radius 3 is 2.46 bits per heavy atom. The summed E-state index contributed by atoms with van der Waals surface area (Å²) in [7, 11) is 0. The predicted molar refractivity (Wildman–Crippen MR) is 109 cm³/mol. The van der Waals surface area contributed by atoms with E-state index < -0.39 is 0 Å². The fourth-order valence-corrected chi connectivity index (χ4v) is 2.68. The molecule has 1 atom stereocenters. The molecule has 1 rings (SSSR count). The van der Waals surface area contributed by atoms with Crippen LogP contribution in [0.4, 0.5) is 5.69 Å². The van der Waals surface area contributed by atoms with Crippen molar-refractivity contribution in [3.05, 3.63) is 58.7 Å². The quantitative estimate of drug-likeness (QED) is 0.318. The van der Waals surface area contributed by atoms with Gasteiger partial charge in [0.2, 0.25) is 0 Å². The molecular weight excluding hydrogens is 290 g/mol. The largest absolute Gasteiger partial charge is 0.261 e. The smallest absolute Gasteiger partial charge is 0.0703 e. The number of benzene rings is 1. The fourth-order valence-electron chi connectivity index (χ4n) is 2.68. The van der Waals surface area contributed by atoms with Crippen LogP contribution in [0.15, 0.2) is 47.0 Å². The van der Waals surface area contributed by atoms with Gasteiger partial charge in [-0.15, -0.1) is 6.42 Å². The molecule has 0 radical (unpaired) electrons. The fraction of sp³-hybridized carbons (Fsp3) is 0.348. The molecule has 126 valence electrons. The van der Waals surface area contributed by atoms with E-state index in [1.807, 2.05) is 19.2 Å². The van der Waals surface area contributed by atoms with Gasteiger partial charge in [0, 0.05) is 11.8 Å². The molecule has 1 nitrogen and oxygen atoms in total. The summed E-state index contributed by atoms with van der Waals surface area (Å²) in [5.41, 5.74) is 8.13. The van der Waals surface area contributed by atoms with Crippen molar-refractivity contribution in [1.29, 1.82) is 0 Å². The highest BCUT2D eigenvalue weighted by molar-refractivity contribution is 5.77. The summed E-state index contributed by atoms with van der Waals surface area (Å²) in [4.78, 5) is 4.52. The van der Waals surface area contributed by atoms with Crippen molar-refractivity contribution >= 4 is 17.5 Å². The Bertz CT molecular complexity index is 732. The lowest BCUT2D eigenvalue weighted by Crippen LogP contribution is -2.00. The zero-order valence-electron chi connectivity index (χ0n) is 15.9. The molecule has 0 aliphatic carbocycles. The van der Waals surface area contributed by atoms with Gasteiger partial charge in [0.05, 0.1) is 5.69 Å². The van der Waals surface area contributed by atoms with Crippen molar-refractivity contribution in [3.8, 4) is 12.3 Å².